The van der Waals surface area contributed by atoms with E-state index < -0.39 is 0 Å². The molecule has 0 bridgehead atoms. The molecule has 18 heavy (non-hydrogen) atoms. The maximum atomic E-state index is 4.48. The van der Waals surface area contributed by atoms with Crippen LogP contribution in [0.1, 0.15) is 44.7 Å². The minimum Gasteiger partial charge on any atom is -0.317 e. The highest BCUT2D eigenvalue weighted by Crippen LogP contribution is 2.26. The van der Waals surface area contributed by atoms with Crippen molar-refractivity contribution >= 4 is 11.3 Å². The molecule has 1 aromatic heterocycles. The minimum absolute atomic E-state index is 0.444. The highest BCUT2D eigenvalue weighted by atomic mass is 32.1. The lowest BCUT2D eigenvalue weighted by molar-refractivity contribution is 0.125. The van der Waals surface area contributed by atoms with Crippen LogP contribution in [-0.2, 0) is 0 Å². The average molecular weight is 267 g/mol. The highest BCUT2D eigenvalue weighted by molar-refractivity contribution is 7.09. The SMILES string of the molecule is CC(C)N(CC1CCNCC1)C(C)c1nccs1. The van der Waals surface area contributed by atoms with Crippen molar-refractivity contribution in [2.24, 2.45) is 5.92 Å². The Labute approximate surface area is 115 Å². The molecule has 0 radical (unpaired) electrons. The van der Waals surface area contributed by atoms with Crippen LogP contribution >= 0.6 is 11.3 Å². The third kappa shape index (κ3) is 3.53. The number of aromatic nitrogens is 1. The van der Waals surface area contributed by atoms with Crippen molar-refractivity contribution in [1.82, 2.24) is 15.2 Å². The molecule has 1 unspecified atom stereocenters. The maximum Gasteiger partial charge on any atom is 0.109 e. The van der Waals surface area contributed by atoms with E-state index in [9.17, 15) is 0 Å². The summed E-state index contributed by atoms with van der Waals surface area (Å²) in [5, 5.41) is 6.77. The van der Waals surface area contributed by atoms with Crippen molar-refractivity contribution in [1.29, 1.82) is 0 Å². The van der Waals surface area contributed by atoms with Crippen molar-refractivity contribution in [3.05, 3.63) is 16.6 Å². The smallest absolute Gasteiger partial charge is 0.109 e. The predicted molar refractivity (Wildman–Crippen MR) is 78.0 cm³/mol. The highest BCUT2D eigenvalue weighted by Gasteiger charge is 2.24. The molecule has 4 heteroatoms. The normalized spacial score (nSPS) is 19.6. The zero-order valence-electron chi connectivity index (χ0n) is 11.7. The molecule has 102 valence electrons. The van der Waals surface area contributed by atoms with E-state index in [2.05, 4.69) is 41.4 Å². The van der Waals surface area contributed by atoms with E-state index in [0.717, 1.165) is 5.92 Å². The van der Waals surface area contributed by atoms with Gasteiger partial charge in [0.1, 0.15) is 5.01 Å². The number of nitrogens with one attached hydrogen (secondary N) is 1. The fourth-order valence-electron chi connectivity index (χ4n) is 2.76. The van der Waals surface area contributed by atoms with E-state index in [1.165, 1.54) is 37.5 Å². The zero-order valence-corrected chi connectivity index (χ0v) is 12.5. The lowest BCUT2D eigenvalue weighted by atomic mass is 9.96. The molecule has 0 aromatic carbocycles. The summed E-state index contributed by atoms with van der Waals surface area (Å²) >= 11 is 1.77. The summed E-state index contributed by atoms with van der Waals surface area (Å²) < 4.78 is 0. The topological polar surface area (TPSA) is 28.2 Å². The Balaban J connectivity index is 1.98. The quantitative estimate of drug-likeness (QED) is 0.889. The molecular weight excluding hydrogens is 242 g/mol. The van der Waals surface area contributed by atoms with Gasteiger partial charge in [0, 0.05) is 24.2 Å². The second-order valence-corrected chi connectivity index (χ2v) is 6.46. The third-order valence-corrected chi connectivity index (χ3v) is 4.84. The Morgan fingerprint density at radius 2 is 2.11 bits per heavy atom. The number of piperidine rings is 1. The summed E-state index contributed by atoms with van der Waals surface area (Å²) in [4.78, 5) is 7.08. The Hall–Kier alpha value is -0.450. The van der Waals surface area contributed by atoms with E-state index in [4.69, 9.17) is 0 Å². The van der Waals surface area contributed by atoms with Gasteiger partial charge in [-0.1, -0.05) is 0 Å². The molecule has 2 heterocycles. The van der Waals surface area contributed by atoms with Crippen molar-refractivity contribution < 1.29 is 0 Å². The van der Waals surface area contributed by atoms with Crippen LogP contribution in [0.2, 0.25) is 0 Å². The van der Waals surface area contributed by atoms with Gasteiger partial charge in [-0.2, -0.15) is 0 Å². The van der Waals surface area contributed by atoms with Crippen LogP contribution in [0.5, 0.6) is 0 Å². The number of hydrogen-bond acceptors (Lipinski definition) is 4. The first-order chi connectivity index (χ1) is 8.68. The predicted octanol–water partition coefficient (Wildman–Crippen LogP) is 2.91. The van der Waals surface area contributed by atoms with Gasteiger partial charge in [0.2, 0.25) is 0 Å². The van der Waals surface area contributed by atoms with E-state index in [-0.39, 0.29) is 0 Å². The average Bonchev–Trinajstić information content (AvgIpc) is 2.90. The second-order valence-electron chi connectivity index (χ2n) is 5.53. The summed E-state index contributed by atoms with van der Waals surface area (Å²) in [7, 11) is 0. The molecule has 1 aliphatic heterocycles. The minimum atomic E-state index is 0.444. The van der Waals surface area contributed by atoms with E-state index >= 15 is 0 Å². The number of rotatable bonds is 5. The van der Waals surface area contributed by atoms with Crippen molar-refractivity contribution in [3.63, 3.8) is 0 Å². The number of nitrogens with zero attached hydrogens (tertiary/aromatic N) is 2. The lowest BCUT2D eigenvalue weighted by Gasteiger charge is -2.36. The molecule has 1 fully saturated rings. The summed E-state index contributed by atoms with van der Waals surface area (Å²) in [5.41, 5.74) is 0. The fourth-order valence-corrected chi connectivity index (χ4v) is 3.48. The molecule has 1 N–H and O–H groups in total. The molecule has 1 aromatic rings. The van der Waals surface area contributed by atoms with Crippen LogP contribution in [-0.4, -0.2) is 35.6 Å². The Kier molecular flexibility index (Phi) is 5.15. The molecule has 1 atom stereocenters. The Morgan fingerprint density at radius 3 is 2.67 bits per heavy atom. The summed E-state index contributed by atoms with van der Waals surface area (Å²) in [6, 6.07) is 1.03. The molecule has 0 saturated carbocycles. The number of hydrogen-bond donors (Lipinski definition) is 1. The van der Waals surface area contributed by atoms with Crippen LogP contribution in [0, 0.1) is 5.92 Å². The largest absolute Gasteiger partial charge is 0.317 e. The van der Waals surface area contributed by atoms with Gasteiger partial charge in [0.25, 0.3) is 0 Å². The summed E-state index contributed by atoms with van der Waals surface area (Å²) in [6.07, 6.45) is 4.54. The molecular formula is C14H25N3S. The van der Waals surface area contributed by atoms with Gasteiger partial charge in [-0.05, 0) is 52.6 Å². The monoisotopic (exact) mass is 267 g/mol. The lowest BCUT2D eigenvalue weighted by Crippen LogP contribution is -2.40. The molecule has 0 amide bonds. The summed E-state index contributed by atoms with van der Waals surface area (Å²) in [5.74, 6) is 0.844. The van der Waals surface area contributed by atoms with Gasteiger partial charge in [-0.25, -0.2) is 4.98 Å². The first kappa shape index (κ1) is 14.0. The van der Waals surface area contributed by atoms with Crippen molar-refractivity contribution in [3.8, 4) is 0 Å². The molecule has 1 saturated heterocycles. The van der Waals surface area contributed by atoms with Crippen molar-refractivity contribution in [2.45, 2.75) is 45.7 Å². The molecule has 1 aliphatic rings. The van der Waals surface area contributed by atoms with Gasteiger partial charge in [-0.3, -0.25) is 4.90 Å². The molecule has 0 spiro atoms. The van der Waals surface area contributed by atoms with Crippen LogP contribution in [0.4, 0.5) is 0 Å². The second kappa shape index (κ2) is 6.64. The summed E-state index contributed by atoms with van der Waals surface area (Å²) in [6.45, 7) is 10.5. The zero-order chi connectivity index (χ0) is 13.0. The Morgan fingerprint density at radius 1 is 1.39 bits per heavy atom. The molecule has 2 rings (SSSR count). The van der Waals surface area contributed by atoms with E-state index in [1.807, 2.05) is 6.20 Å². The van der Waals surface area contributed by atoms with Crippen LogP contribution in [0.3, 0.4) is 0 Å². The van der Waals surface area contributed by atoms with Crippen molar-refractivity contribution in [2.75, 3.05) is 19.6 Å². The van der Waals surface area contributed by atoms with Crippen LogP contribution in [0.25, 0.3) is 0 Å². The Bertz CT molecular complexity index is 331. The van der Waals surface area contributed by atoms with Crippen LogP contribution in [0.15, 0.2) is 11.6 Å². The first-order valence-electron chi connectivity index (χ1n) is 7.04. The van der Waals surface area contributed by atoms with E-state index in [0.29, 0.717) is 12.1 Å². The fraction of sp³-hybridized carbons (Fsp3) is 0.786. The number of thiazole rings is 1. The molecule has 3 nitrogen and oxygen atoms in total. The van der Waals surface area contributed by atoms with Crippen LogP contribution < -0.4 is 5.32 Å². The van der Waals surface area contributed by atoms with Gasteiger partial charge >= 0.3 is 0 Å². The van der Waals surface area contributed by atoms with Gasteiger partial charge in [0.05, 0.1) is 6.04 Å². The van der Waals surface area contributed by atoms with Gasteiger partial charge in [0.15, 0.2) is 0 Å². The van der Waals surface area contributed by atoms with E-state index in [1.54, 1.807) is 11.3 Å². The maximum absolute atomic E-state index is 4.48. The third-order valence-electron chi connectivity index (χ3n) is 3.90. The first-order valence-corrected chi connectivity index (χ1v) is 7.92. The van der Waals surface area contributed by atoms with Gasteiger partial charge in [-0.15, -0.1) is 11.3 Å². The standard InChI is InChI=1S/C14H25N3S/c1-11(2)17(10-13-4-6-15-7-5-13)12(3)14-16-8-9-18-14/h8-9,11-13,15H,4-7,10H2,1-3H3. The van der Waals surface area contributed by atoms with Gasteiger partial charge < -0.3 is 5.32 Å². The molecule has 0 aliphatic carbocycles.